The third-order valence-corrected chi connectivity index (χ3v) is 2.78. The van der Waals surface area contributed by atoms with Crippen molar-refractivity contribution in [1.82, 2.24) is 10.2 Å². The van der Waals surface area contributed by atoms with E-state index in [0.29, 0.717) is 5.56 Å². The van der Waals surface area contributed by atoms with Gasteiger partial charge in [0.15, 0.2) is 0 Å². The molecule has 1 amide bonds. The fraction of sp³-hybridized carbons (Fsp3) is 0.364. The van der Waals surface area contributed by atoms with E-state index in [1.807, 2.05) is 0 Å². The van der Waals surface area contributed by atoms with Crippen LogP contribution in [0.4, 0.5) is 0 Å². The molecule has 1 aliphatic rings. The molecule has 0 aromatic heterocycles. The second kappa shape index (κ2) is 4.02. The van der Waals surface area contributed by atoms with E-state index in [1.54, 1.807) is 11.9 Å². The quantitative estimate of drug-likeness (QED) is 0.665. The lowest BCUT2D eigenvalue weighted by Gasteiger charge is -2.35. The molecule has 0 bridgehead atoms. The first-order valence-corrected chi connectivity index (χ1v) is 5.09. The number of rotatable bonds is 2. The van der Waals surface area contributed by atoms with Gasteiger partial charge in [-0.2, -0.15) is 0 Å². The summed E-state index contributed by atoms with van der Waals surface area (Å²) >= 11 is 0. The molecular weight excluding hydrogens is 208 g/mol. The van der Waals surface area contributed by atoms with E-state index in [2.05, 4.69) is 5.32 Å². The highest BCUT2D eigenvalue weighted by Crippen LogP contribution is 2.21. The number of carbonyl (C=O) groups excluding carboxylic acids is 1. The Hall–Kier alpha value is -1.75. The summed E-state index contributed by atoms with van der Waals surface area (Å²) < 4.78 is 0. The number of benzene rings is 1. The summed E-state index contributed by atoms with van der Waals surface area (Å²) in [6, 6.07) is 4.09. The second-order valence-corrected chi connectivity index (χ2v) is 3.97. The van der Waals surface area contributed by atoms with Gasteiger partial charge < -0.3 is 20.4 Å². The van der Waals surface area contributed by atoms with Crippen LogP contribution in [-0.2, 0) is 0 Å². The van der Waals surface area contributed by atoms with Crippen LogP contribution in [0.2, 0.25) is 0 Å². The number of nitrogens with one attached hydrogen (secondary N) is 1. The summed E-state index contributed by atoms with van der Waals surface area (Å²) in [6.45, 7) is 1.57. The minimum atomic E-state index is -0.197. The number of amides is 1. The first kappa shape index (κ1) is 10.8. The molecule has 0 radical (unpaired) electrons. The van der Waals surface area contributed by atoms with E-state index in [9.17, 15) is 15.0 Å². The average Bonchev–Trinajstić information content (AvgIpc) is 2.12. The molecule has 5 heteroatoms. The van der Waals surface area contributed by atoms with Crippen molar-refractivity contribution in [2.75, 3.05) is 20.1 Å². The maximum atomic E-state index is 12.0. The largest absolute Gasteiger partial charge is 0.508 e. The monoisotopic (exact) mass is 222 g/mol. The molecule has 16 heavy (non-hydrogen) atoms. The Kier molecular flexibility index (Phi) is 2.70. The van der Waals surface area contributed by atoms with Gasteiger partial charge in [0, 0.05) is 31.8 Å². The lowest BCUT2D eigenvalue weighted by molar-refractivity contribution is 0.0680. The summed E-state index contributed by atoms with van der Waals surface area (Å²) in [7, 11) is 1.72. The Labute approximate surface area is 93.3 Å². The molecule has 1 fully saturated rings. The van der Waals surface area contributed by atoms with Crippen molar-refractivity contribution in [3.05, 3.63) is 23.8 Å². The van der Waals surface area contributed by atoms with Crippen molar-refractivity contribution in [2.24, 2.45) is 0 Å². The van der Waals surface area contributed by atoms with Gasteiger partial charge >= 0.3 is 0 Å². The van der Waals surface area contributed by atoms with E-state index in [1.165, 1.54) is 18.2 Å². The number of hydrogen-bond donors (Lipinski definition) is 3. The second-order valence-electron chi connectivity index (χ2n) is 3.97. The van der Waals surface area contributed by atoms with Gasteiger partial charge in [-0.05, 0) is 12.1 Å². The van der Waals surface area contributed by atoms with Crippen molar-refractivity contribution >= 4 is 5.91 Å². The van der Waals surface area contributed by atoms with E-state index in [4.69, 9.17) is 0 Å². The van der Waals surface area contributed by atoms with Crippen molar-refractivity contribution < 1.29 is 15.0 Å². The van der Waals surface area contributed by atoms with Gasteiger partial charge in [-0.3, -0.25) is 4.79 Å². The number of nitrogens with zero attached hydrogens (tertiary/aromatic N) is 1. The van der Waals surface area contributed by atoms with E-state index in [0.717, 1.165) is 13.1 Å². The molecule has 5 nitrogen and oxygen atoms in total. The van der Waals surface area contributed by atoms with Crippen LogP contribution < -0.4 is 5.32 Å². The number of hydrogen-bond acceptors (Lipinski definition) is 4. The van der Waals surface area contributed by atoms with Crippen molar-refractivity contribution in [3.8, 4) is 11.5 Å². The number of aromatic hydroxyl groups is 2. The molecule has 0 spiro atoms. The predicted octanol–water partition coefficient (Wildman–Crippen LogP) is 0.142. The maximum absolute atomic E-state index is 12.0. The molecule has 1 aromatic carbocycles. The van der Waals surface area contributed by atoms with Crippen LogP contribution in [-0.4, -0.2) is 47.2 Å². The molecule has 86 valence electrons. The third-order valence-electron chi connectivity index (χ3n) is 2.78. The van der Waals surface area contributed by atoms with Crippen molar-refractivity contribution in [3.63, 3.8) is 0 Å². The Bertz CT molecular complexity index is 395. The Morgan fingerprint density at radius 3 is 2.31 bits per heavy atom. The highest BCUT2D eigenvalue weighted by Gasteiger charge is 2.26. The van der Waals surface area contributed by atoms with Crippen LogP contribution in [0.25, 0.3) is 0 Å². The highest BCUT2D eigenvalue weighted by molar-refractivity contribution is 5.95. The number of phenols is 2. The summed E-state index contributed by atoms with van der Waals surface area (Å²) in [5, 5.41) is 21.7. The van der Waals surface area contributed by atoms with Crippen LogP contribution in [0, 0.1) is 0 Å². The Morgan fingerprint density at radius 2 is 1.88 bits per heavy atom. The lowest BCUT2D eigenvalue weighted by atomic mass is 10.1. The number of carbonyl (C=O) groups is 1. The Balaban J connectivity index is 2.19. The molecule has 1 saturated heterocycles. The third kappa shape index (κ3) is 1.94. The van der Waals surface area contributed by atoms with Gasteiger partial charge in [0.1, 0.15) is 11.5 Å². The lowest BCUT2D eigenvalue weighted by Crippen LogP contribution is -2.57. The molecular formula is C11H14N2O3. The van der Waals surface area contributed by atoms with Crippen LogP contribution >= 0.6 is 0 Å². The van der Waals surface area contributed by atoms with Crippen LogP contribution in [0.5, 0.6) is 11.5 Å². The van der Waals surface area contributed by atoms with E-state index in [-0.39, 0.29) is 23.4 Å². The minimum absolute atomic E-state index is 0.108. The van der Waals surface area contributed by atoms with Gasteiger partial charge in [0.05, 0.1) is 6.04 Å². The van der Waals surface area contributed by atoms with E-state index >= 15 is 0 Å². The molecule has 0 atom stereocenters. The summed E-state index contributed by atoms with van der Waals surface area (Å²) in [4.78, 5) is 13.6. The molecule has 1 aromatic rings. The standard InChI is InChI=1S/C11H14N2O3/c1-13(8-5-12-6-8)11(16)7-2-9(14)4-10(15)3-7/h2-4,8,12,14-15H,5-6H2,1H3. The zero-order valence-electron chi connectivity index (χ0n) is 8.97. The van der Waals surface area contributed by atoms with E-state index < -0.39 is 0 Å². The molecule has 0 saturated carbocycles. The molecule has 2 rings (SSSR count). The molecule has 1 heterocycles. The average molecular weight is 222 g/mol. The van der Waals surface area contributed by atoms with Crippen molar-refractivity contribution in [1.29, 1.82) is 0 Å². The van der Waals surface area contributed by atoms with Gasteiger partial charge in [0.25, 0.3) is 5.91 Å². The Morgan fingerprint density at radius 1 is 1.31 bits per heavy atom. The number of phenolic OH excluding ortho intramolecular Hbond substituents is 2. The topological polar surface area (TPSA) is 72.8 Å². The van der Waals surface area contributed by atoms with Crippen LogP contribution in [0.15, 0.2) is 18.2 Å². The highest BCUT2D eigenvalue weighted by atomic mass is 16.3. The van der Waals surface area contributed by atoms with Gasteiger partial charge in [-0.25, -0.2) is 0 Å². The van der Waals surface area contributed by atoms with Crippen LogP contribution in [0.1, 0.15) is 10.4 Å². The summed E-state index contributed by atoms with van der Waals surface area (Å²) in [5.74, 6) is -0.412. The first-order chi connectivity index (χ1) is 7.58. The summed E-state index contributed by atoms with van der Waals surface area (Å²) in [5.41, 5.74) is 0.298. The van der Waals surface area contributed by atoms with Gasteiger partial charge in [-0.1, -0.05) is 0 Å². The molecule has 0 aliphatic carbocycles. The first-order valence-electron chi connectivity index (χ1n) is 5.09. The predicted molar refractivity (Wildman–Crippen MR) is 58.5 cm³/mol. The fourth-order valence-electron chi connectivity index (χ4n) is 1.64. The minimum Gasteiger partial charge on any atom is -0.508 e. The van der Waals surface area contributed by atoms with Gasteiger partial charge in [0.2, 0.25) is 0 Å². The fourth-order valence-corrected chi connectivity index (χ4v) is 1.64. The zero-order valence-corrected chi connectivity index (χ0v) is 8.97. The zero-order chi connectivity index (χ0) is 11.7. The SMILES string of the molecule is CN(C(=O)c1cc(O)cc(O)c1)C1CNC1. The maximum Gasteiger partial charge on any atom is 0.254 e. The smallest absolute Gasteiger partial charge is 0.254 e. The number of likely N-dealkylation sites (N-methyl/N-ethyl adjacent to an activating group) is 1. The van der Waals surface area contributed by atoms with Crippen molar-refractivity contribution in [2.45, 2.75) is 6.04 Å². The summed E-state index contributed by atoms with van der Waals surface area (Å²) in [6.07, 6.45) is 0. The van der Waals surface area contributed by atoms with Crippen LogP contribution in [0.3, 0.4) is 0 Å². The molecule has 1 aliphatic heterocycles. The van der Waals surface area contributed by atoms with Gasteiger partial charge in [-0.15, -0.1) is 0 Å². The molecule has 0 unspecified atom stereocenters. The normalized spacial score (nSPS) is 15.6. The molecule has 3 N–H and O–H groups in total.